The molecule has 0 aromatic rings. The third-order valence-electron chi connectivity index (χ3n) is 10.6. The van der Waals surface area contributed by atoms with Crippen molar-refractivity contribution in [2.24, 2.45) is 5.92 Å². The Balaban J connectivity index is 2.35. The van der Waals surface area contributed by atoms with Crippen LogP contribution in [0.4, 0.5) is 0 Å². The molecule has 3 nitrogen and oxygen atoms in total. The fourth-order valence-electron chi connectivity index (χ4n) is 7.39. The van der Waals surface area contributed by atoms with Crippen LogP contribution in [0.3, 0.4) is 0 Å². The molecule has 1 heterocycles. The highest BCUT2D eigenvalue weighted by molar-refractivity contribution is 4.93. The number of ether oxygens (including phenoxy) is 2. The summed E-state index contributed by atoms with van der Waals surface area (Å²) in [6, 6.07) is 0. The number of hydrogen-bond acceptors (Lipinski definition) is 3. The molecule has 1 aliphatic heterocycles. The minimum Gasteiger partial charge on any atom is -0.344 e. The molecule has 1 fully saturated rings. The lowest BCUT2D eigenvalue weighted by atomic mass is 9.96. The van der Waals surface area contributed by atoms with Gasteiger partial charge in [0.15, 0.2) is 5.79 Å². The lowest BCUT2D eigenvalue weighted by molar-refractivity contribution is -0.186. The molecule has 1 rings (SSSR count). The first kappa shape index (κ1) is 46.9. The van der Waals surface area contributed by atoms with Crippen molar-refractivity contribution in [3.05, 3.63) is 48.6 Å². The SMILES string of the molecule is CCCCC/C=C\C/C=C\CCCCCCCCC1(CCCCCCCC/C=C\C/C=C\CCCCC)OC(C)C(CC(CC)CN(C)C)O1. The Morgan fingerprint density at radius 1 is 0.520 bits per heavy atom. The van der Waals surface area contributed by atoms with E-state index in [0.717, 1.165) is 38.6 Å². The summed E-state index contributed by atoms with van der Waals surface area (Å²) >= 11 is 0. The van der Waals surface area contributed by atoms with Gasteiger partial charge in [-0.15, -0.1) is 0 Å². The van der Waals surface area contributed by atoms with Gasteiger partial charge in [0.05, 0.1) is 12.2 Å². The van der Waals surface area contributed by atoms with Crippen LogP contribution in [0.25, 0.3) is 0 Å². The summed E-state index contributed by atoms with van der Waals surface area (Å²) < 4.78 is 13.8. The maximum absolute atomic E-state index is 6.96. The van der Waals surface area contributed by atoms with Crippen LogP contribution < -0.4 is 0 Å². The average molecular weight is 698 g/mol. The quantitative estimate of drug-likeness (QED) is 0.0486. The van der Waals surface area contributed by atoms with Gasteiger partial charge >= 0.3 is 0 Å². The molecule has 0 aliphatic carbocycles. The van der Waals surface area contributed by atoms with Crippen molar-refractivity contribution in [3.63, 3.8) is 0 Å². The molecule has 0 aromatic carbocycles. The third-order valence-corrected chi connectivity index (χ3v) is 10.6. The highest BCUT2D eigenvalue weighted by Gasteiger charge is 2.45. The van der Waals surface area contributed by atoms with Crippen LogP contribution in [0, 0.1) is 5.92 Å². The van der Waals surface area contributed by atoms with Gasteiger partial charge in [0.1, 0.15) is 0 Å². The van der Waals surface area contributed by atoms with Crippen molar-refractivity contribution in [3.8, 4) is 0 Å². The van der Waals surface area contributed by atoms with E-state index in [0.29, 0.717) is 5.92 Å². The smallest absolute Gasteiger partial charge is 0.169 e. The second-order valence-corrected chi connectivity index (χ2v) is 15.8. The molecule has 0 radical (unpaired) electrons. The molecule has 0 amide bonds. The Labute approximate surface area is 314 Å². The van der Waals surface area contributed by atoms with Crippen LogP contribution in [0.15, 0.2) is 48.6 Å². The highest BCUT2D eigenvalue weighted by Crippen LogP contribution is 2.40. The van der Waals surface area contributed by atoms with Crippen LogP contribution in [-0.2, 0) is 9.47 Å². The van der Waals surface area contributed by atoms with Crippen molar-refractivity contribution >= 4 is 0 Å². The number of hydrogen-bond donors (Lipinski definition) is 0. The number of rotatable bonds is 35. The van der Waals surface area contributed by atoms with Gasteiger partial charge < -0.3 is 14.4 Å². The molecule has 0 aromatic heterocycles. The summed E-state index contributed by atoms with van der Waals surface area (Å²) in [5, 5.41) is 0. The minimum atomic E-state index is -0.356. The second-order valence-electron chi connectivity index (χ2n) is 15.8. The van der Waals surface area contributed by atoms with Crippen LogP contribution in [0.5, 0.6) is 0 Å². The van der Waals surface area contributed by atoms with Crippen molar-refractivity contribution < 1.29 is 9.47 Å². The number of unbranched alkanes of at least 4 members (excludes halogenated alkanes) is 18. The van der Waals surface area contributed by atoms with E-state index in [1.54, 1.807) is 0 Å². The summed E-state index contributed by atoms with van der Waals surface area (Å²) in [5.74, 6) is 0.311. The molecule has 0 spiro atoms. The number of allylic oxidation sites excluding steroid dienone is 8. The van der Waals surface area contributed by atoms with Crippen molar-refractivity contribution in [2.45, 2.75) is 225 Å². The fourth-order valence-corrected chi connectivity index (χ4v) is 7.39. The molecule has 3 unspecified atom stereocenters. The van der Waals surface area contributed by atoms with E-state index < -0.39 is 0 Å². The van der Waals surface area contributed by atoms with Gasteiger partial charge in [0, 0.05) is 19.4 Å². The molecule has 0 N–H and O–H groups in total. The van der Waals surface area contributed by atoms with Gasteiger partial charge in [-0.1, -0.05) is 153 Å². The monoisotopic (exact) mass is 698 g/mol. The zero-order chi connectivity index (χ0) is 36.4. The topological polar surface area (TPSA) is 21.7 Å². The van der Waals surface area contributed by atoms with Crippen molar-refractivity contribution in [2.75, 3.05) is 20.6 Å². The molecule has 0 bridgehead atoms. The molecule has 1 aliphatic rings. The summed E-state index contributed by atoms with van der Waals surface area (Å²) in [5.41, 5.74) is 0. The fraction of sp³-hybridized carbons (Fsp3) is 0.830. The van der Waals surface area contributed by atoms with Gasteiger partial charge in [-0.2, -0.15) is 0 Å². The predicted molar refractivity (Wildman–Crippen MR) is 223 cm³/mol. The first-order valence-electron chi connectivity index (χ1n) is 22.1. The standard InChI is InChI=1S/C47H87NO2/c1-7-10-12-14-16-18-20-22-24-26-28-30-32-34-36-38-40-47(49-44(4)46(50-47)42-45(9-3)43-48(5)6)41-39-37-35-33-31-29-27-25-23-21-19-17-15-13-11-8-2/h16-19,22-25,44-46H,7-15,20-21,26-43H2,1-6H3/b18-16-,19-17-,24-22-,25-23-. The van der Waals surface area contributed by atoms with E-state index >= 15 is 0 Å². The molecule has 3 atom stereocenters. The Morgan fingerprint density at radius 2 is 0.920 bits per heavy atom. The summed E-state index contributed by atoms with van der Waals surface area (Å²) in [4.78, 5) is 2.33. The summed E-state index contributed by atoms with van der Waals surface area (Å²) in [6.07, 6.45) is 54.7. The van der Waals surface area contributed by atoms with Gasteiger partial charge in [-0.3, -0.25) is 0 Å². The van der Waals surface area contributed by atoms with Crippen molar-refractivity contribution in [1.82, 2.24) is 4.90 Å². The van der Waals surface area contributed by atoms with Crippen molar-refractivity contribution in [1.29, 1.82) is 0 Å². The minimum absolute atomic E-state index is 0.195. The molecule has 292 valence electrons. The Morgan fingerprint density at radius 3 is 1.32 bits per heavy atom. The van der Waals surface area contributed by atoms with E-state index in [1.165, 1.54) is 148 Å². The zero-order valence-corrected chi connectivity index (χ0v) is 34.6. The lowest BCUT2D eigenvalue weighted by Crippen LogP contribution is -2.32. The first-order chi connectivity index (χ1) is 24.5. The molecular weight excluding hydrogens is 611 g/mol. The van der Waals surface area contributed by atoms with Crippen LogP contribution in [-0.4, -0.2) is 43.5 Å². The molecule has 0 saturated carbocycles. The molecule has 50 heavy (non-hydrogen) atoms. The van der Waals surface area contributed by atoms with E-state index in [-0.39, 0.29) is 18.0 Å². The van der Waals surface area contributed by atoms with E-state index in [1.807, 2.05) is 0 Å². The Kier molecular flexibility index (Phi) is 31.5. The molecular formula is C47H87NO2. The maximum atomic E-state index is 6.96. The lowest BCUT2D eigenvalue weighted by Gasteiger charge is -2.29. The third kappa shape index (κ3) is 26.6. The van der Waals surface area contributed by atoms with Gasteiger partial charge in [-0.25, -0.2) is 0 Å². The van der Waals surface area contributed by atoms with E-state index in [4.69, 9.17) is 9.47 Å². The van der Waals surface area contributed by atoms with E-state index in [9.17, 15) is 0 Å². The maximum Gasteiger partial charge on any atom is 0.169 e. The van der Waals surface area contributed by atoms with E-state index in [2.05, 4.69) is 95.3 Å². The van der Waals surface area contributed by atoms with Crippen LogP contribution >= 0.6 is 0 Å². The highest BCUT2D eigenvalue weighted by atomic mass is 16.8. The molecule has 1 saturated heterocycles. The summed E-state index contributed by atoms with van der Waals surface area (Å²) in [6.45, 7) is 10.3. The normalized spacial score (nSPS) is 18.7. The van der Waals surface area contributed by atoms with Crippen LogP contribution in [0.1, 0.15) is 207 Å². The second kappa shape index (κ2) is 33.7. The summed E-state index contributed by atoms with van der Waals surface area (Å²) in [7, 11) is 4.39. The number of nitrogens with zero attached hydrogens (tertiary/aromatic N) is 1. The Hall–Kier alpha value is -1.16. The zero-order valence-electron chi connectivity index (χ0n) is 34.6. The Bertz CT molecular complexity index is 794. The van der Waals surface area contributed by atoms with Gasteiger partial charge in [0.25, 0.3) is 0 Å². The largest absolute Gasteiger partial charge is 0.344 e. The molecule has 3 heteroatoms. The average Bonchev–Trinajstić information content (AvgIpc) is 3.41. The van der Waals surface area contributed by atoms with Crippen LogP contribution in [0.2, 0.25) is 0 Å². The first-order valence-corrected chi connectivity index (χ1v) is 22.1. The predicted octanol–water partition coefficient (Wildman–Crippen LogP) is 14.9. The van der Waals surface area contributed by atoms with Gasteiger partial charge in [-0.05, 0) is 110 Å². The van der Waals surface area contributed by atoms with Gasteiger partial charge in [0.2, 0.25) is 0 Å².